The lowest BCUT2D eigenvalue weighted by molar-refractivity contribution is -0.137. The molecule has 1 unspecified atom stereocenters. The Morgan fingerprint density at radius 2 is 1.64 bits per heavy atom. The Bertz CT molecular complexity index is 2360. The number of hydrogen-bond acceptors (Lipinski definition) is 14. The Morgan fingerprint density at radius 1 is 0.899 bits per heavy atom. The molecular formula is C48H59Cl2FN8O9S. The zero-order valence-electron chi connectivity index (χ0n) is 38.2. The highest BCUT2D eigenvalue weighted by molar-refractivity contribution is 7.13. The van der Waals surface area contributed by atoms with Gasteiger partial charge in [0.1, 0.15) is 11.9 Å². The molecule has 69 heavy (non-hydrogen) atoms. The minimum atomic E-state index is -0.750. The Labute approximate surface area is 415 Å². The molecule has 3 aliphatic rings. The Kier molecular flexibility index (Phi) is 20.5. The lowest BCUT2D eigenvalue weighted by Crippen LogP contribution is -2.52. The summed E-state index contributed by atoms with van der Waals surface area (Å²) in [6.07, 6.45) is 6.24. The monoisotopic (exact) mass is 1010 g/mol. The number of amides is 5. The molecule has 0 radical (unpaired) electrons. The largest absolute Gasteiger partial charge is 0.487 e. The second-order valence-corrected chi connectivity index (χ2v) is 18.2. The average molecular weight is 1010 g/mol. The number of pyridine rings is 1. The van der Waals surface area contributed by atoms with Gasteiger partial charge in [-0.25, -0.2) is 14.4 Å². The number of unbranched alkanes of at least 4 members (excludes halogenated alkanes) is 1. The van der Waals surface area contributed by atoms with Crippen LogP contribution in [0.2, 0.25) is 5.02 Å². The van der Waals surface area contributed by atoms with Gasteiger partial charge in [0.05, 0.1) is 56.2 Å². The number of carbonyl (C=O) groups is 5. The molecule has 2 aliphatic heterocycles. The number of aromatic nitrogens is 2. The number of ether oxygens (including phenoxy) is 4. The van der Waals surface area contributed by atoms with Gasteiger partial charge in [-0.3, -0.25) is 29.3 Å². The molecule has 2 aromatic carbocycles. The standard InChI is InChI=1S/C48H58ClFN8O9S.ClH/c49-36-8-5-10-39(43(36)50)67-33-15-17-48(18-16-33,30-32-6-3-11-40(54-32)56-47-53-22-29-68-47)46(63)52-21-24-65-26-28-66-27-25-64-23-20-51-19-2-1-12-41(59)55-37-9-4-7-34-35(37)31-58(45(34)62)38-13-14-42(60)57-44(38)61;/h3-11,22,29,33,38,51H,1-2,12-21,23-28,30-31H2,(H,52,63)(H,55,59)(H,53,54,56)(H,57,60,61);1H. The van der Waals surface area contributed by atoms with Crippen LogP contribution in [0.1, 0.15) is 79.4 Å². The summed E-state index contributed by atoms with van der Waals surface area (Å²) in [5.74, 6) is -1.18. The van der Waals surface area contributed by atoms with Crippen molar-refractivity contribution in [2.24, 2.45) is 5.41 Å². The van der Waals surface area contributed by atoms with Crippen molar-refractivity contribution in [2.75, 3.05) is 69.9 Å². The van der Waals surface area contributed by atoms with Crippen molar-refractivity contribution in [3.8, 4) is 5.75 Å². The predicted molar refractivity (Wildman–Crippen MR) is 261 cm³/mol. The third-order valence-electron chi connectivity index (χ3n) is 12.1. The van der Waals surface area contributed by atoms with Crippen molar-refractivity contribution in [2.45, 2.75) is 82.9 Å². The number of nitrogens with zero attached hydrogens (tertiary/aromatic N) is 3. The molecule has 1 saturated carbocycles. The summed E-state index contributed by atoms with van der Waals surface area (Å²) in [6.45, 7) is 4.29. The lowest BCUT2D eigenvalue weighted by atomic mass is 9.69. The van der Waals surface area contributed by atoms with E-state index in [0.29, 0.717) is 120 Å². The van der Waals surface area contributed by atoms with E-state index in [4.69, 9.17) is 35.5 Å². The van der Waals surface area contributed by atoms with Crippen LogP contribution in [0.4, 0.5) is 21.0 Å². The molecule has 4 heterocycles. The topological polar surface area (TPSA) is 211 Å². The van der Waals surface area contributed by atoms with Gasteiger partial charge in [-0.1, -0.05) is 29.8 Å². The number of carbonyl (C=O) groups excluding carboxylic acids is 5. The van der Waals surface area contributed by atoms with Crippen molar-refractivity contribution in [3.05, 3.63) is 93.8 Å². The fourth-order valence-electron chi connectivity index (χ4n) is 8.58. The van der Waals surface area contributed by atoms with E-state index >= 15 is 0 Å². The number of halogens is 3. The van der Waals surface area contributed by atoms with Crippen LogP contribution in [0.5, 0.6) is 5.75 Å². The van der Waals surface area contributed by atoms with Gasteiger partial charge < -0.3 is 45.1 Å². The Morgan fingerprint density at radius 3 is 2.39 bits per heavy atom. The number of benzene rings is 2. The highest BCUT2D eigenvalue weighted by Gasteiger charge is 2.43. The van der Waals surface area contributed by atoms with Gasteiger partial charge in [0.25, 0.3) is 5.91 Å². The molecule has 21 heteroatoms. The summed E-state index contributed by atoms with van der Waals surface area (Å²) < 4.78 is 37.7. The van der Waals surface area contributed by atoms with E-state index in [0.717, 1.165) is 23.8 Å². The molecule has 7 rings (SSSR count). The van der Waals surface area contributed by atoms with Gasteiger partial charge in [-0.15, -0.1) is 23.7 Å². The van der Waals surface area contributed by atoms with Crippen molar-refractivity contribution in [3.63, 3.8) is 0 Å². The van der Waals surface area contributed by atoms with E-state index in [1.54, 1.807) is 36.5 Å². The van der Waals surface area contributed by atoms with E-state index in [1.807, 2.05) is 23.6 Å². The summed E-state index contributed by atoms with van der Waals surface area (Å²) in [5, 5.41) is 17.5. The van der Waals surface area contributed by atoms with Gasteiger partial charge in [0.2, 0.25) is 23.6 Å². The van der Waals surface area contributed by atoms with Gasteiger partial charge in [0, 0.05) is 73.0 Å². The van der Waals surface area contributed by atoms with Gasteiger partial charge in [0.15, 0.2) is 16.7 Å². The summed E-state index contributed by atoms with van der Waals surface area (Å²) in [5.41, 5.74) is 1.70. The molecule has 1 saturated heterocycles. The van der Waals surface area contributed by atoms with Crippen molar-refractivity contribution < 1.29 is 47.3 Å². The number of rotatable bonds is 26. The quantitative estimate of drug-likeness (QED) is 0.0342. The second kappa shape index (κ2) is 26.6. The van der Waals surface area contributed by atoms with Crippen LogP contribution in [0.3, 0.4) is 0 Å². The molecule has 1 atom stereocenters. The van der Waals surface area contributed by atoms with Crippen LogP contribution in [0.25, 0.3) is 0 Å². The van der Waals surface area contributed by atoms with E-state index in [9.17, 15) is 28.4 Å². The first-order valence-electron chi connectivity index (χ1n) is 23.1. The number of hydrogen-bond donors (Lipinski definition) is 5. The van der Waals surface area contributed by atoms with Crippen molar-refractivity contribution in [1.29, 1.82) is 0 Å². The highest BCUT2D eigenvalue weighted by atomic mass is 35.5. The van der Waals surface area contributed by atoms with Gasteiger partial charge in [-0.05, 0) is 87.9 Å². The summed E-state index contributed by atoms with van der Waals surface area (Å²) >= 11 is 7.45. The van der Waals surface area contributed by atoms with Crippen LogP contribution in [-0.4, -0.2) is 116 Å². The SMILES string of the molecule is Cl.O=C1CCC(N2Cc3c(NC(=O)CCCCNCCOCCOCCOCCNC(=O)C4(Cc5cccc(Nc6nccs6)n5)CCC(Oc5cccc(Cl)c5F)CC4)cccc3C2=O)C(=O)N1. The van der Waals surface area contributed by atoms with Crippen molar-refractivity contribution in [1.82, 2.24) is 30.8 Å². The van der Waals surface area contributed by atoms with E-state index in [-0.39, 0.29) is 72.3 Å². The van der Waals surface area contributed by atoms with Crippen LogP contribution in [-0.2, 0) is 46.4 Å². The van der Waals surface area contributed by atoms with E-state index in [1.165, 1.54) is 22.3 Å². The minimum absolute atomic E-state index is 0. The predicted octanol–water partition coefficient (Wildman–Crippen LogP) is 6.37. The lowest BCUT2D eigenvalue weighted by Gasteiger charge is -2.39. The second-order valence-electron chi connectivity index (χ2n) is 16.9. The molecule has 4 aromatic rings. The maximum absolute atomic E-state index is 14.6. The van der Waals surface area contributed by atoms with E-state index in [2.05, 4.69) is 31.6 Å². The molecule has 1 aliphatic carbocycles. The normalized spacial score (nSPS) is 18.8. The number of nitrogens with one attached hydrogen (secondary N) is 5. The first kappa shape index (κ1) is 53.1. The fourth-order valence-corrected chi connectivity index (χ4v) is 9.28. The number of thiazole rings is 1. The number of anilines is 3. The average Bonchev–Trinajstić information content (AvgIpc) is 3.97. The summed E-state index contributed by atoms with van der Waals surface area (Å²) in [4.78, 5) is 74.3. The smallest absolute Gasteiger partial charge is 0.255 e. The zero-order valence-corrected chi connectivity index (χ0v) is 40.6. The van der Waals surface area contributed by atoms with Gasteiger partial charge >= 0.3 is 0 Å². The Hall–Kier alpha value is -5.28. The third kappa shape index (κ3) is 15.1. The molecule has 0 spiro atoms. The van der Waals surface area contributed by atoms with Crippen LogP contribution < -0.4 is 31.3 Å². The number of piperidine rings is 1. The molecule has 5 amide bonds. The summed E-state index contributed by atoms with van der Waals surface area (Å²) in [6, 6.07) is 14.8. The van der Waals surface area contributed by atoms with Gasteiger partial charge in [-0.2, -0.15) is 0 Å². The first-order chi connectivity index (χ1) is 33.1. The first-order valence-corrected chi connectivity index (χ1v) is 24.4. The zero-order chi connectivity index (χ0) is 47.7. The fraction of sp³-hybridized carbons (Fsp3) is 0.479. The minimum Gasteiger partial charge on any atom is -0.487 e. The Balaban J connectivity index is 0.00000782. The van der Waals surface area contributed by atoms with E-state index < -0.39 is 23.2 Å². The molecule has 5 N–H and O–H groups in total. The molecule has 17 nitrogen and oxygen atoms in total. The molecular weight excluding hydrogens is 955 g/mol. The van der Waals surface area contributed by atoms with Crippen LogP contribution in [0.15, 0.2) is 66.2 Å². The third-order valence-corrected chi connectivity index (χ3v) is 13.1. The van der Waals surface area contributed by atoms with Crippen molar-refractivity contribution >= 4 is 81.5 Å². The highest BCUT2D eigenvalue weighted by Crippen LogP contribution is 2.41. The van der Waals surface area contributed by atoms with Crippen LogP contribution >= 0.6 is 35.3 Å². The number of fused-ring (bicyclic) bond motifs is 1. The molecule has 2 aromatic heterocycles. The summed E-state index contributed by atoms with van der Waals surface area (Å²) in [7, 11) is 0. The number of imide groups is 1. The van der Waals surface area contributed by atoms with Crippen LogP contribution in [0, 0.1) is 11.2 Å². The maximum Gasteiger partial charge on any atom is 0.255 e. The molecule has 372 valence electrons. The molecule has 0 bridgehead atoms. The maximum atomic E-state index is 14.6. The molecule has 2 fully saturated rings.